The minimum atomic E-state index is -0.113. The Labute approximate surface area is 132 Å². The molecule has 0 amide bonds. The van der Waals surface area contributed by atoms with E-state index in [9.17, 15) is 0 Å². The van der Waals surface area contributed by atoms with Gasteiger partial charge in [0.1, 0.15) is 11.5 Å². The number of hydrogen-bond donors (Lipinski definition) is 2. The summed E-state index contributed by atoms with van der Waals surface area (Å²) in [5.41, 5.74) is 7.79. The van der Waals surface area contributed by atoms with Gasteiger partial charge in [-0.2, -0.15) is 0 Å². The second-order valence-corrected chi connectivity index (χ2v) is 5.36. The van der Waals surface area contributed by atoms with Crippen molar-refractivity contribution in [2.45, 2.75) is 13.8 Å². The van der Waals surface area contributed by atoms with Crippen molar-refractivity contribution in [3.05, 3.63) is 57.1 Å². The third-order valence-electron chi connectivity index (χ3n) is 2.98. The molecule has 0 bridgehead atoms. The summed E-state index contributed by atoms with van der Waals surface area (Å²) in [7, 11) is 0. The number of aryl methyl sites for hydroxylation is 2. The molecule has 0 saturated heterocycles. The molecule has 2 aromatic rings. The molecule has 0 unspecified atom stereocenters. The Bertz CT molecular complexity index is 692. The van der Waals surface area contributed by atoms with Crippen LogP contribution >= 0.6 is 23.2 Å². The van der Waals surface area contributed by atoms with Crippen molar-refractivity contribution in [1.29, 1.82) is 0 Å². The highest BCUT2D eigenvalue weighted by molar-refractivity contribution is 6.34. The second-order valence-electron chi connectivity index (χ2n) is 4.57. The van der Waals surface area contributed by atoms with Gasteiger partial charge in [-0.15, -0.1) is 0 Å². The van der Waals surface area contributed by atoms with E-state index in [1.807, 2.05) is 26.0 Å². The molecule has 2 rings (SSSR count). The standard InChI is InChI=1S/C15H14Cl2N2O2/c1-8-6-10(7-9(2)14(8)17)21-12-5-3-4-11(16)13(12)15(18)19-20/h3-7,20H,1-2H3,(H2,18,19). The van der Waals surface area contributed by atoms with Crippen LogP contribution in [0.4, 0.5) is 0 Å². The van der Waals surface area contributed by atoms with E-state index < -0.39 is 0 Å². The zero-order chi connectivity index (χ0) is 15.6. The molecule has 0 aliphatic carbocycles. The summed E-state index contributed by atoms with van der Waals surface area (Å²) < 4.78 is 5.81. The van der Waals surface area contributed by atoms with Gasteiger partial charge in [0.2, 0.25) is 0 Å². The van der Waals surface area contributed by atoms with E-state index in [0.717, 1.165) is 11.1 Å². The lowest BCUT2D eigenvalue weighted by Gasteiger charge is -2.13. The van der Waals surface area contributed by atoms with E-state index in [4.69, 9.17) is 38.9 Å². The number of halogens is 2. The Morgan fingerprint density at radius 1 is 1.19 bits per heavy atom. The molecule has 110 valence electrons. The first-order valence-corrected chi connectivity index (χ1v) is 6.90. The van der Waals surface area contributed by atoms with Crippen LogP contribution in [0.15, 0.2) is 35.5 Å². The first-order valence-electron chi connectivity index (χ1n) is 6.15. The Hall–Kier alpha value is -1.91. The molecule has 6 heteroatoms. The molecule has 21 heavy (non-hydrogen) atoms. The normalized spacial score (nSPS) is 11.5. The molecule has 0 radical (unpaired) electrons. The number of hydrogen-bond acceptors (Lipinski definition) is 3. The highest BCUT2D eigenvalue weighted by atomic mass is 35.5. The largest absolute Gasteiger partial charge is 0.457 e. The summed E-state index contributed by atoms with van der Waals surface area (Å²) in [4.78, 5) is 0. The Morgan fingerprint density at radius 2 is 1.81 bits per heavy atom. The van der Waals surface area contributed by atoms with E-state index in [1.165, 1.54) is 0 Å². The fraction of sp³-hybridized carbons (Fsp3) is 0.133. The molecule has 0 aromatic heterocycles. The zero-order valence-corrected chi connectivity index (χ0v) is 13.0. The molecule has 0 aliphatic heterocycles. The second kappa shape index (κ2) is 6.24. The van der Waals surface area contributed by atoms with Crippen LogP contribution in [0, 0.1) is 13.8 Å². The summed E-state index contributed by atoms with van der Waals surface area (Å²) in [5.74, 6) is 0.889. The van der Waals surface area contributed by atoms with Gasteiger partial charge in [-0.1, -0.05) is 34.4 Å². The van der Waals surface area contributed by atoms with Crippen LogP contribution < -0.4 is 10.5 Å². The number of nitrogens with two attached hydrogens (primary N) is 1. The summed E-state index contributed by atoms with van der Waals surface area (Å²) in [5, 5.41) is 12.9. The minimum absolute atomic E-state index is 0.113. The van der Waals surface area contributed by atoms with Gasteiger partial charge in [0.15, 0.2) is 5.84 Å². The van der Waals surface area contributed by atoms with Crippen molar-refractivity contribution < 1.29 is 9.94 Å². The number of nitrogens with zero attached hydrogens (tertiary/aromatic N) is 1. The van der Waals surface area contributed by atoms with Crippen LogP contribution in [0.2, 0.25) is 10.0 Å². The summed E-state index contributed by atoms with van der Waals surface area (Å²) in [6, 6.07) is 8.68. The average molecular weight is 325 g/mol. The van der Waals surface area contributed by atoms with Crippen molar-refractivity contribution in [1.82, 2.24) is 0 Å². The van der Waals surface area contributed by atoms with Gasteiger partial charge >= 0.3 is 0 Å². The minimum Gasteiger partial charge on any atom is -0.457 e. The van der Waals surface area contributed by atoms with Crippen molar-refractivity contribution in [3.8, 4) is 11.5 Å². The van der Waals surface area contributed by atoms with Crippen LogP contribution in [0.1, 0.15) is 16.7 Å². The Kier molecular flexibility index (Phi) is 4.60. The van der Waals surface area contributed by atoms with E-state index >= 15 is 0 Å². The monoisotopic (exact) mass is 324 g/mol. The molecule has 0 atom stereocenters. The van der Waals surface area contributed by atoms with Crippen LogP contribution in [-0.4, -0.2) is 11.0 Å². The van der Waals surface area contributed by atoms with Crippen molar-refractivity contribution in [2.24, 2.45) is 10.9 Å². The Morgan fingerprint density at radius 3 is 2.38 bits per heavy atom. The predicted molar refractivity (Wildman–Crippen MR) is 85.0 cm³/mol. The van der Waals surface area contributed by atoms with E-state index in [-0.39, 0.29) is 5.84 Å². The number of ether oxygens (including phenoxy) is 1. The fourth-order valence-corrected chi connectivity index (χ4v) is 2.35. The molecular weight excluding hydrogens is 311 g/mol. The SMILES string of the molecule is Cc1cc(Oc2cccc(Cl)c2C(N)=NO)cc(C)c1Cl. The van der Waals surface area contributed by atoms with Crippen LogP contribution in [0.3, 0.4) is 0 Å². The number of benzene rings is 2. The third kappa shape index (κ3) is 3.23. The van der Waals surface area contributed by atoms with Gasteiger partial charge in [0, 0.05) is 5.02 Å². The van der Waals surface area contributed by atoms with Gasteiger partial charge < -0.3 is 15.7 Å². The van der Waals surface area contributed by atoms with Gasteiger partial charge in [-0.25, -0.2) is 0 Å². The molecule has 0 saturated carbocycles. The predicted octanol–water partition coefficient (Wildman–Crippen LogP) is 4.50. The maximum atomic E-state index is 8.86. The number of amidine groups is 1. The fourth-order valence-electron chi connectivity index (χ4n) is 1.98. The van der Waals surface area contributed by atoms with Crippen LogP contribution in [0.5, 0.6) is 11.5 Å². The molecule has 0 aliphatic rings. The third-order valence-corrected chi connectivity index (χ3v) is 3.89. The molecule has 3 N–H and O–H groups in total. The van der Waals surface area contributed by atoms with E-state index in [1.54, 1.807) is 18.2 Å². The van der Waals surface area contributed by atoms with Crippen LogP contribution in [0.25, 0.3) is 0 Å². The average Bonchev–Trinajstić information content (AvgIpc) is 2.44. The Balaban J connectivity index is 2.48. The summed E-state index contributed by atoms with van der Waals surface area (Å²) in [6.45, 7) is 3.79. The first kappa shape index (κ1) is 15.5. The molecular formula is C15H14Cl2N2O2. The molecule has 0 heterocycles. The lowest BCUT2D eigenvalue weighted by Crippen LogP contribution is -2.14. The van der Waals surface area contributed by atoms with Gasteiger partial charge in [-0.05, 0) is 49.2 Å². The highest BCUT2D eigenvalue weighted by Gasteiger charge is 2.14. The summed E-state index contributed by atoms with van der Waals surface area (Å²) in [6.07, 6.45) is 0. The van der Waals surface area contributed by atoms with E-state index in [2.05, 4.69) is 5.16 Å². The quantitative estimate of drug-likeness (QED) is 0.378. The molecule has 0 fully saturated rings. The van der Waals surface area contributed by atoms with E-state index in [0.29, 0.717) is 27.1 Å². The lowest BCUT2D eigenvalue weighted by atomic mass is 10.1. The summed E-state index contributed by atoms with van der Waals surface area (Å²) >= 11 is 12.2. The molecule has 0 spiro atoms. The topological polar surface area (TPSA) is 67.8 Å². The van der Waals surface area contributed by atoms with Gasteiger partial charge in [0.05, 0.1) is 10.6 Å². The van der Waals surface area contributed by atoms with Crippen molar-refractivity contribution >= 4 is 29.0 Å². The molecule has 4 nitrogen and oxygen atoms in total. The lowest BCUT2D eigenvalue weighted by molar-refractivity contribution is 0.318. The van der Waals surface area contributed by atoms with Crippen molar-refractivity contribution in [3.63, 3.8) is 0 Å². The maximum absolute atomic E-state index is 8.86. The first-order chi connectivity index (χ1) is 9.93. The molecule has 2 aromatic carbocycles. The highest BCUT2D eigenvalue weighted by Crippen LogP contribution is 2.33. The van der Waals surface area contributed by atoms with Gasteiger partial charge in [0.25, 0.3) is 0 Å². The maximum Gasteiger partial charge on any atom is 0.175 e. The number of oxime groups is 1. The smallest absolute Gasteiger partial charge is 0.175 e. The number of rotatable bonds is 3. The van der Waals surface area contributed by atoms with Crippen LogP contribution in [-0.2, 0) is 0 Å². The van der Waals surface area contributed by atoms with Gasteiger partial charge in [-0.3, -0.25) is 0 Å². The zero-order valence-electron chi connectivity index (χ0n) is 11.5. The van der Waals surface area contributed by atoms with Crippen molar-refractivity contribution in [2.75, 3.05) is 0 Å².